The van der Waals surface area contributed by atoms with Crippen LogP contribution in [0.25, 0.3) is 0 Å². The Hall–Kier alpha value is -2.47. The van der Waals surface area contributed by atoms with E-state index < -0.39 is 6.10 Å². The number of benzene rings is 1. The lowest BCUT2D eigenvalue weighted by Gasteiger charge is -2.16. The van der Waals surface area contributed by atoms with Gasteiger partial charge in [-0.15, -0.1) is 0 Å². The summed E-state index contributed by atoms with van der Waals surface area (Å²) in [6.07, 6.45) is 3.29. The second-order valence-corrected chi connectivity index (χ2v) is 5.85. The van der Waals surface area contributed by atoms with Crippen molar-refractivity contribution in [2.45, 2.75) is 31.4 Å². The molecule has 1 heterocycles. The quantitative estimate of drug-likeness (QED) is 0.811. The molecule has 0 radical (unpaired) electrons. The molecule has 6 heteroatoms. The third-order valence-corrected chi connectivity index (χ3v) is 4.15. The second kappa shape index (κ2) is 6.34. The van der Waals surface area contributed by atoms with Crippen LogP contribution in [0.3, 0.4) is 0 Å². The van der Waals surface area contributed by atoms with Crippen molar-refractivity contribution in [2.24, 2.45) is 7.05 Å². The molecule has 3 rings (SSSR count). The van der Waals surface area contributed by atoms with Gasteiger partial charge in [0, 0.05) is 26.1 Å². The summed E-state index contributed by atoms with van der Waals surface area (Å²) in [7, 11) is 1.74. The van der Waals surface area contributed by atoms with E-state index in [4.69, 9.17) is 0 Å². The summed E-state index contributed by atoms with van der Waals surface area (Å²) in [5.41, 5.74) is 2.43. The number of aryl methyl sites for hydroxylation is 1. The third kappa shape index (κ3) is 3.32. The maximum atomic E-state index is 12.0. The SMILES string of the molecule is Cn1cc(C(=O)CCC(=O)NC2Cc3ccccc3C2O)cn1. The monoisotopic (exact) mass is 313 g/mol. The Labute approximate surface area is 134 Å². The fourth-order valence-electron chi connectivity index (χ4n) is 2.92. The van der Waals surface area contributed by atoms with Crippen LogP contribution in [0.1, 0.15) is 40.4 Å². The zero-order valence-corrected chi connectivity index (χ0v) is 12.9. The molecule has 2 atom stereocenters. The molecule has 0 saturated carbocycles. The summed E-state index contributed by atoms with van der Waals surface area (Å²) in [6, 6.07) is 7.30. The molecule has 0 fully saturated rings. The molecular weight excluding hydrogens is 294 g/mol. The Kier molecular flexibility index (Phi) is 4.25. The van der Waals surface area contributed by atoms with Gasteiger partial charge in [0.2, 0.25) is 5.91 Å². The Morgan fingerprint density at radius 1 is 1.35 bits per heavy atom. The van der Waals surface area contributed by atoms with Gasteiger partial charge >= 0.3 is 0 Å². The third-order valence-electron chi connectivity index (χ3n) is 4.15. The van der Waals surface area contributed by atoms with Gasteiger partial charge in [-0.3, -0.25) is 14.3 Å². The number of aliphatic hydroxyl groups excluding tert-OH is 1. The molecule has 1 aliphatic rings. The van der Waals surface area contributed by atoms with E-state index >= 15 is 0 Å². The molecule has 2 aromatic rings. The average molecular weight is 313 g/mol. The molecule has 2 N–H and O–H groups in total. The summed E-state index contributed by atoms with van der Waals surface area (Å²) in [4.78, 5) is 24.0. The van der Waals surface area contributed by atoms with Gasteiger partial charge in [-0.2, -0.15) is 5.10 Å². The van der Waals surface area contributed by atoms with Crippen LogP contribution in [0.5, 0.6) is 0 Å². The molecule has 1 amide bonds. The number of nitrogens with zero attached hydrogens (tertiary/aromatic N) is 2. The highest BCUT2D eigenvalue weighted by atomic mass is 16.3. The van der Waals surface area contributed by atoms with Crippen LogP contribution in [0.2, 0.25) is 0 Å². The fraction of sp³-hybridized carbons (Fsp3) is 0.353. The van der Waals surface area contributed by atoms with E-state index in [1.165, 1.54) is 6.20 Å². The van der Waals surface area contributed by atoms with Crippen LogP contribution >= 0.6 is 0 Å². The minimum Gasteiger partial charge on any atom is -0.386 e. The number of aromatic nitrogens is 2. The Morgan fingerprint density at radius 2 is 2.13 bits per heavy atom. The Balaban J connectivity index is 1.52. The first kappa shape index (κ1) is 15.4. The van der Waals surface area contributed by atoms with Crippen molar-refractivity contribution < 1.29 is 14.7 Å². The number of hydrogen-bond acceptors (Lipinski definition) is 4. The highest BCUT2D eigenvalue weighted by molar-refractivity contribution is 5.97. The molecule has 0 aliphatic heterocycles. The van der Waals surface area contributed by atoms with Crippen molar-refractivity contribution in [1.82, 2.24) is 15.1 Å². The number of rotatable bonds is 5. The zero-order valence-electron chi connectivity index (χ0n) is 12.9. The number of carbonyl (C=O) groups is 2. The van der Waals surface area contributed by atoms with E-state index in [2.05, 4.69) is 10.4 Å². The summed E-state index contributed by atoms with van der Waals surface area (Å²) in [6.45, 7) is 0. The Morgan fingerprint density at radius 3 is 2.83 bits per heavy atom. The number of carbonyl (C=O) groups excluding carboxylic acids is 2. The summed E-state index contributed by atoms with van der Waals surface area (Å²) in [5.74, 6) is -0.331. The topological polar surface area (TPSA) is 84.2 Å². The predicted octanol–water partition coefficient (Wildman–Crippen LogP) is 1.16. The van der Waals surface area contributed by atoms with Crippen molar-refractivity contribution in [3.05, 3.63) is 53.3 Å². The van der Waals surface area contributed by atoms with Crippen molar-refractivity contribution in [3.8, 4) is 0 Å². The lowest BCUT2D eigenvalue weighted by Crippen LogP contribution is -2.37. The van der Waals surface area contributed by atoms with Crippen LogP contribution < -0.4 is 5.32 Å². The lowest BCUT2D eigenvalue weighted by molar-refractivity contribution is -0.122. The summed E-state index contributed by atoms with van der Waals surface area (Å²) < 4.78 is 1.55. The number of nitrogens with one attached hydrogen (secondary N) is 1. The molecule has 2 unspecified atom stereocenters. The van der Waals surface area contributed by atoms with Crippen LogP contribution in [-0.2, 0) is 18.3 Å². The van der Waals surface area contributed by atoms with Gasteiger partial charge in [0.25, 0.3) is 0 Å². The van der Waals surface area contributed by atoms with Gasteiger partial charge in [0.15, 0.2) is 5.78 Å². The van der Waals surface area contributed by atoms with Crippen LogP contribution in [0.4, 0.5) is 0 Å². The van der Waals surface area contributed by atoms with Crippen LogP contribution in [0.15, 0.2) is 36.7 Å². The average Bonchev–Trinajstić information content (AvgIpc) is 3.10. The first-order valence-corrected chi connectivity index (χ1v) is 7.61. The maximum Gasteiger partial charge on any atom is 0.220 e. The molecule has 0 bridgehead atoms. The second-order valence-electron chi connectivity index (χ2n) is 5.85. The fourth-order valence-corrected chi connectivity index (χ4v) is 2.92. The molecule has 120 valence electrons. The standard InChI is InChI=1S/C17H19N3O3/c1-20-10-12(9-18-20)15(21)6-7-16(22)19-14-8-11-4-2-3-5-13(11)17(14)23/h2-5,9-10,14,17,23H,6-8H2,1H3,(H,19,22). The van der Waals surface area contributed by atoms with Gasteiger partial charge in [0.1, 0.15) is 0 Å². The summed E-state index contributed by atoms with van der Waals surface area (Å²) >= 11 is 0. The van der Waals surface area contributed by atoms with Gasteiger partial charge in [-0.05, 0) is 17.5 Å². The maximum absolute atomic E-state index is 12.0. The molecule has 0 spiro atoms. The summed E-state index contributed by atoms with van der Waals surface area (Å²) in [5, 5.41) is 17.0. The van der Waals surface area contributed by atoms with Gasteiger partial charge in [-0.25, -0.2) is 0 Å². The van der Waals surface area contributed by atoms with E-state index in [0.29, 0.717) is 12.0 Å². The lowest BCUT2D eigenvalue weighted by atomic mass is 10.1. The molecule has 0 saturated heterocycles. The Bertz CT molecular complexity index is 738. The highest BCUT2D eigenvalue weighted by Gasteiger charge is 2.31. The van der Waals surface area contributed by atoms with E-state index in [1.807, 2.05) is 24.3 Å². The molecule has 1 aromatic carbocycles. The van der Waals surface area contributed by atoms with Crippen molar-refractivity contribution in [3.63, 3.8) is 0 Å². The molecule has 23 heavy (non-hydrogen) atoms. The van der Waals surface area contributed by atoms with E-state index in [1.54, 1.807) is 17.9 Å². The molecule has 6 nitrogen and oxygen atoms in total. The van der Waals surface area contributed by atoms with E-state index in [-0.39, 0.29) is 30.6 Å². The van der Waals surface area contributed by atoms with Gasteiger partial charge in [-0.1, -0.05) is 24.3 Å². The largest absolute Gasteiger partial charge is 0.386 e. The number of Topliss-reactive ketones (excluding diaryl/α,β-unsaturated/α-hetero) is 1. The smallest absolute Gasteiger partial charge is 0.220 e. The van der Waals surface area contributed by atoms with Crippen molar-refractivity contribution in [2.75, 3.05) is 0 Å². The number of aliphatic hydroxyl groups is 1. The van der Waals surface area contributed by atoms with Crippen molar-refractivity contribution >= 4 is 11.7 Å². The molecule has 1 aliphatic carbocycles. The normalized spacial score (nSPS) is 19.4. The molecule has 1 aromatic heterocycles. The zero-order chi connectivity index (χ0) is 16.4. The van der Waals surface area contributed by atoms with E-state index in [9.17, 15) is 14.7 Å². The minimum absolute atomic E-state index is 0.104. The van der Waals surface area contributed by atoms with Gasteiger partial charge < -0.3 is 10.4 Å². The van der Waals surface area contributed by atoms with Crippen molar-refractivity contribution in [1.29, 1.82) is 0 Å². The highest BCUT2D eigenvalue weighted by Crippen LogP contribution is 2.31. The van der Waals surface area contributed by atoms with E-state index in [0.717, 1.165) is 11.1 Å². The number of fused-ring (bicyclic) bond motifs is 1. The molecular formula is C17H19N3O3. The number of ketones is 1. The predicted molar refractivity (Wildman–Crippen MR) is 83.8 cm³/mol. The van der Waals surface area contributed by atoms with Gasteiger partial charge in [0.05, 0.1) is 23.9 Å². The first-order chi connectivity index (χ1) is 11.0. The first-order valence-electron chi connectivity index (χ1n) is 7.61. The minimum atomic E-state index is -0.691. The van der Waals surface area contributed by atoms with Crippen LogP contribution in [0, 0.1) is 0 Å². The number of amides is 1. The number of hydrogen-bond donors (Lipinski definition) is 2. The van der Waals surface area contributed by atoms with Crippen LogP contribution in [-0.4, -0.2) is 32.6 Å².